The first-order chi connectivity index (χ1) is 7.22. The molecule has 0 atom stereocenters. The van der Waals surface area contributed by atoms with Crippen LogP contribution >= 0.6 is 27.5 Å². The van der Waals surface area contributed by atoms with E-state index in [2.05, 4.69) is 26.2 Å². The van der Waals surface area contributed by atoms with E-state index in [1.54, 1.807) is 16.9 Å². The molecule has 0 spiro atoms. The molecule has 0 amide bonds. The van der Waals surface area contributed by atoms with E-state index in [0.29, 0.717) is 11.0 Å². The van der Waals surface area contributed by atoms with Gasteiger partial charge >= 0.3 is 0 Å². The molecule has 0 aliphatic carbocycles. The van der Waals surface area contributed by atoms with E-state index in [9.17, 15) is 4.39 Å². The molecule has 0 unspecified atom stereocenters. The third-order valence-electron chi connectivity index (χ3n) is 1.90. The zero-order valence-electron chi connectivity index (χ0n) is 7.49. The van der Waals surface area contributed by atoms with Gasteiger partial charge in [0.25, 0.3) is 0 Å². The zero-order valence-corrected chi connectivity index (χ0v) is 9.83. The van der Waals surface area contributed by atoms with Gasteiger partial charge in [-0.3, -0.25) is 0 Å². The van der Waals surface area contributed by atoms with Gasteiger partial charge in [-0.05, 0) is 18.2 Å². The first-order valence-corrected chi connectivity index (χ1v) is 5.63. The molecule has 1 aromatic carbocycles. The maximum Gasteiger partial charge on any atom is 0.141 e. The molecule has 2 rings (SSSR count). The Kier molecular flexibility index (Phi) is 3.02. The molecule has 1 aromatic heterocycles. The molecule has 0 aliphatic heterocycles. The van der Waals surface area contributed by atoms with Gasteiger partial charge in [-0.1, -0.05) is 32.7 Å². The van der Waals surface area contributed by atoms with E-state index < -0.39 is 5.82 Å². The van der Waals surface area contributed by atoms with Crippen LogP contribution in [0.5, 0.6) is 0 Å². The number of nitrogens with zero attached hydrogens (tertiary/aromatic N) is 3. The fourth-order valence-corrected chi connectivity index (χ4v) is 1.74. The van der Waals surface area contributed by atoms with Crippen molar-refractivity contribution in [3.8, 4) is 5.69 Å². The Bertz CT molecular complexity index is 486. The van der Waals surface area contributed by atoms with Crippen molar-refractivity contribution in [1.82, 2.24) is 15.0 Å². The third kappa shape index (κ3) is 2.03. The Labute approximate surface area is 99.0 Å². The topological polar surface area (TPSA) is 30.7 Å². The summed E-state index contributed by atoms with van der Waals surface area (Å²) in [7, 11) is 0. The first-order valence-electron chi connectivity index (χ1n) is 4.13. The van der Waals surface area contributed by atoms with Crippen LogP contribution in [-0.4, -0.2) is 15.0 Å². The summed E-state index contributed by atoms with van der Waals surface area (Å²) >= 11 is 8.99. The highest BCUT2D eigenvalue weighted by atomic mass is 79.9. The molecule has 78 valence electrons. The molecular weight excluding hydrogens is 284 g/mol. The average molecular weight is 291 g/mol. The Morgan fingerprint density at radius 3 is 2.93 bits per heavy atom. The minimum Gasteiger partial charge on any atom is -0.217 e. The number of hydrogen-bond donors (Lipinski definition) is 0. The first kappa shape index (κ1) is 10.6. The van der Waals surface area contributed by atoms with Crippen molar-refractivity contribution in [2.45, 2.75) is 5.33 Å². The second kappa shape index (κ2) is 4.28. The lowest BCUT2D eigenvalue weighted by atomic mass is 10.3. The second-order valence-corrected chi connectivity index (χ2v) is 3.84. The Morgan fingerprint density at radius 1 is 1.47 bits per heavy atom. The van der Waals surface area contributed by atoms with Gasteiger partial charge in [0.05, 0.1) is 22.6 Å². The van der Waals surface area contributed by atoms with E-state index in [0.717, 1.165) is 5.69 Å². The molecule has 0 saturated heterocycles. The summed E-state index contributed by atoms with van der Waals surface area (Å²) in [6.07, 6.45) is 1.63. The van der Waals surface area contributed by atoms with E-state index in [4.69, 9.17) is 11.6 Å². The predicted molar refractivity (Wildman–Crippen MR) is 59.0 cm³/mol. The average Bonchev–Trinajstić information content (AvgIpc) is 2.70. The summed E-state index contributed by atoms with van der Waals surface area (Å²) in [6, 6.07) is 4.41. The van der Waals surface area contributed by atoms with Crippen LogP contribution in [0.4, 0.5) is 4.39 Å². The molecule has 0 fully saturated rings. The molecule has 15 heavy (non-hydrogen) atoms. The van der Waals surface area contributed by atoms with Crippen LogP contribution in [-0.2, 0) is 5.33 Å². The molecular formula is C9H6BrClFN3. The number of rotatable bonds is 2. The van der Waals surface area contributed by atoms with Crippen LogP contribution in [0.2, 0.25) is 5.02 Å². The fraction of sp³-hybridized carbons (Fsp3) is 0.111. The molecule has 0 saturated carbocycles. The van der Waals surface area contributed by atoms with Crippen LogP contribution in [0.1, 0.15) is 5.69 Å². The van der Waals surface area contributed by atoms with Gasteiger partial charge in [0.1, 0.15) is 5.82 Å². The van der Waals surface area contributed by atoms with Crippen LogP contribution in [0, 0.1) is 5.82 Å². The molecule has 0 aliphatic rings. The predicted octanol–water partition coefficient (Wildman–Crippen LogP) is 2.95. The second-order valence-electron chi connectivity index (χ2n) is 2.87. The Balaban J connectivity index is 2.50. The number of halogens is 3. The molecule has 0 radical (unpaired) electrons. The van der Waals surface area contributed by atoms with Crippen molar-refractivity contribution in [2.75, 3.05) is 0 Å². The summed E-state index contributed by atoms with van der Waals surface area (Å²) in [5, 5.41) is 8.34. The monoisotopic (exact) mass is 289 g/mol. The minimum absolute atomic E-state index is 0.0727. The summed E-state index contributed by atoms with van der Waals surface area (Å²) in [5.41, 5.74) is 1.56. The maximum atomic E-state index is 12.9. The summed E-state index contributed by atoms with van der Waals surface area (Å²) in [6.45, 7) is 0. The molecule has 1 heterocycles. The quantitative estimate of drug-likeness (QED) is 0.796. The van der Waals surface area contributed by atoms with E-state index in [1.807, 2.05) is 0 Å². The van der Waals surface area contributed by atoms with Crippen molar-refractivity contribution in [3.63, 3.8) is 0 Å². The summed E-state index contributed by atoms with van der Waals surface area (Å²) in [5.74, 6) is -0.444. The maximum absolute atomic E-state index is 12.9. The van der Waals surface area contributed by atoms with Crippen LogP contribution in [0.3, 0.4) is 0 Å². The lowest BCUT2D eigenvalue weighted by Crippen LogP contribution is -2.00. The highest BCUT2D eigenvalue weighted by Gasteiger charge is 2.07. The van der Waals surface area contributed by atoms with Crippen LogP contribution < -0.4 is 0 Å². The van der Waals surface area contributed by atoms with Crippen molar-refractivity contribution in [1.29, 1.82) is 0 Å². The fourth-order valence-electron chi connectivity index (χ4n) is 1.18. The summed E-state index contributed by atoms with van der Waals surface area (Å²) < 4.78 is 14.5. The smallest absolute Gasteiger partial charge is 0.141 e. The number of hydrogen-bond acceptors (Lipinski definition) is 2. The van der Waals surface area contributed by atoms with Crippen molar-refractivity contribution in [3.05, 3.63) is 40.9 Å². The van der Waals surface area contributed by atoms with Crippen molar-refractivity contribution >= 4 is 27.5 Å². The zero-order chi connectivity index (χ0) is 10.8. The van der Waals surface area contributed by atoms with Gasteiger partial charge in [0.15, 0.2) is 0 Å². The van der Waals surface area contributed by atoms with Crippen LogP contribution in [0.25, 0.3) is 5.69 Å². The van der Waals surface area contributed by atoms with Gasteiger partial charge in [0, 0.05) is 5.33 Å². The third-order valence-corrected chi connectivity index (χ3v) is 2.77. The minimum atomic E-state index is -0.444. The number of alkyl halides is 1. The number of aromatic nitrogens is 3. The molecule has 2 aromatic rings. The van der Waals surface area contributed by atoms with Gasteiger partial charge in [0.2, 0.25) is 0 Å². The lowest BCUT2D eigenvalue weighted by Gasteiger charge is -2.04. The highest BCUT2D eigenvalue weighted by Crippen LogP contribution is 2.19. The number of benzene rings is 1. The van der Waals surface area contributed by atoms with Gasteiger partial charge in [-0.25, -0.2) is 9.07 Å². The molecule has 0 bridgehead atoms. The van der Waals surface area contributed by atoms with E-state index >= 15 is 0 Å². The lowest BCUT2D eigenvalue weighted by molar-refractivity contribution is 0.627. The standard InChI is InChI=1S/C9H6BrClFN3/c10-4-7-5-13-14-15(7)6-1-2-9(12)8(11)3-6/h1-3,5H,4H2. The summed E-state index contributed by atoms with van der Waals surface area (Å²) in [4.78, 5) is 0. The van der Waals surface area contributed by atoms with Crippen molar-refractivity contribution in [2.24, 2.45) is 0 Å². The Hall–Kier alpha value is -0.940. The molecule has 3 nitrogen and oxygen atoms in total. The van der Waals surface area contributed by atoms with Gasteiger partial charge in [-0.2, -0.15) is 0 Å². The highest BCUT2D eigenvalue weighted by molar-refractivity contribution is 9.08. The molecule has 6 heteroatoms. The van der Waals surface area contributed by atoms with E-state index in [-0.39, 0.29) is 5.02 Å². The van der Waals surface area contributed by atoms with Gasteiger partial charge < -0.3 is 0 Å². The van der Waals surface area contributed by atoms with Crippen molar-refractivity contribution < 1.29 is 4.39 Å². The largest absolute Gasteiger partial charge is 0.217 e. The van der Waals surface area contributed by atoms with E-state index in [1.165, 1.54) is 12.1 Å². The molecule has 0 N–H and O–H groups in total. The van der Waals surface area contributed by atoms with Crippen LogP contribution in [0.15, 0.2) is 24.4 Å². The normalized spacial score (nSPS) is 10.6. The SMILES string of the molecule is Fc1ccc(-n2nncc2CBr)cc1Cl. The Morgan fingerprint density at radius 2 is 2.27 bits per heavy atom. The van der Waals surface area contributed by atoms with Gasteiger partial charge in [-0.15, -0.1) is 5.10 Å².